The molecule has 0 radical (unpaired) electrons. The Labute approximate surface area is 233 Å². The highest BCUT2D eigenvalue weighted by atomic mass is 16.5. The van der Waals surface area contributed by atoms with Crippen molar-refractivity contribution in [1.29, 1.82) is 0 Å². The van der Waals surface area contributed by atoms with Crippen molar-refractivity contribution in [3.63, 3.8) is 0 Å². The lowest BCUT2D eigenvalue weighted by atomic mass is 9.62. The highest BCUT2D eigenvalue weighted by Gasteiger charge is 2.37. The van der Waals surface area contributed by atoms with E-state index in [1.807, 2.05) is 31.2 Å². The predicted molar refractivity (Wildman–Crippen MR) is 164 cm³/mol. The van der Waals surface area contributed by atoms with Crippen LogP contribution in [0.1, 0.15) is 80.1 Å². The van der Waals surface area contributed by atoms with Gasteiger partial charge in [-0.1, -0.05) is 70.2 Å². The van der Waals surface area contributed by atoms with E-state index in [1.54, 1.807) is 0 Å². The number of rotatable bonds is 6. The summed E-state index contributed by atoms with van der Waals surface area (Å²) in [7, 11) is 4.15. The van der Waals surface area contributed by atoms with Crippen molar-refractivity contribution >= 4 is 22.4 Å². The Morgan fingerprint density at radius 2 is 1.41 bits per heavy atom. The first-order chi connectivity index (χ1) is 18.5. The number of nitrogens with zero attached hydrogens (tertiary/aromatic N) is 1. The van der Waals surface area contributed by atoms with Gasteiger partial charge in [-0.2, -0.15) is 0 Å². The van der Waals surface area contributed by atoms with Crippen LogP contribution in [-0.4, -0.2) is 26.7 Å². The molecule has 3 nitrogen and oxygen atoms in total. The minimum Gasteiger partial charge on any atom is -0.462 e. The molecule has 0 aromatic heterocycles. The van der Waals surface area contributed by atoms with Crippen LogP contribution in [0.2, 0.25) is 0 Å². The Hall–Kier alpha value is -3.59. The molecule has 1 aliphatic rings. The van der Waals surface area contributed by atoms with Gasteiger partial charge in [0.2, 0.25) is 0 Å². The van der Waals surface area contributed by atoms with Crippen molar-refractivity contribution in [2.24, 2.45) is 0 Å². The minimum atomic E-state index is -0.277. The van der Waals surface area contributed by atoms with Crippen LogP contribution in [-0.2, 0) is 22.0 Å². The first-order valence-electron chi connectivity index (χ1n) is 14.1. The average Bonchev–Trinajstić information content (AvgIpc) is 2.91. The van der Waals surface area contributed by atoms with Crippen LogP contribution in [0.4, 0.5) is 5.69 Å². The monoisotopic (exact) mass is 519 g/mol. The number of carbonyl (C=O) groups excluding carboxylic acids is 1. The van der Waals surface area contributed by atoms with E-state index in [2.05, 4.69) is 95.2 Å². The minimum absolute atomic E-state index is 0.151. The van der Waals surface area contributed by atoms with E-state index in [0.717, 1.165) is 12.0 Å². The third-order valence-electron chi connectivity index (χ3n) is 8.59. The molecule has 0 saturated heterocycles. The molecular formula is C36H41NO2. The molecule has 1 aliphatic carbocycles. The first-order valence-corrected chi connectivity index (χ1v) is 14.1. The molecule has 202 valence electrons. The molecule has 5 rings (SSSR count). The molecule has 4 aromatic rings. The largest absolute Gasteiger partial charge is 0.462 e. The summed E-state index contributed by atoms with van der Waals surface area (Å²) in [5, 5.41) is 2.62. The molecule has 39 heavy (non-hydrogen) atoms. The number of anilines is 1. The zero-order valence-corrected chi connectivity index (χ0v) is 24.5. The quantitative estimate of drug-likeness (QED) is 0.239. The molecule has 0 bridgehead atoms. The molecule has 0 amide bonds. The van der Waals surface area contributed by atoms with E-state index in [9.17, 15) is 4.79 Å². The molecule has 0 fully saturated rings. The van der Waals surface area contributed by atoms with Gasteiger partial charge in [-0.05, 0) is 112 Å². The van der Waals surface area contributed by atoms with Crippen molar-refractivity contribution in [2.75, 3.05) is 25.6 Å². The standard InChI is InChI=1S/C36H41NO2/c1-8-39-34(38)26-13-11-25(12-14-26)27-20-28(19-24-9-15-30(16-10-24)37(6)7)31-23-33-32(22-29(31)21-27)35(2,3)17-18-36(33,4)5/h9-16,20-23H,8,17-19H2,1-7H3. The van der Waals surface area contributed by atoms with Crippen LogP contribution >= 0.6 is 0 Å². The highest BCUT2D eigenvalue weighted by molar-refractivity contribution is 5.93. The van der Waals surface area contributed by atoms with Gasteiger partial charge in [0.1, 0.15) is 0 Å². The van der Waals surface area contributed by atoms with Gasteiger partial charge in [-0.3, -0.25) is 0 Å². The Balaban J connectivity index is 1.66. The normalized spacial score (nSPS) is 15.6. The summed E-state index contributed by atoms with van der Waals surface area (Å²) < 4.78 is 5.19. The summed E-state index contributed by atoms with van der Waals surface area (Å²) in [6.45, 7) is 11.8. The van der Waals surface area contributed by atoms with Gasteiger partial charge in [-0.25, -0.2) is 4.79 Å². The van der Waals surface area contributed by atoms with Crippen LogP contribution in [0.15, 0.2) is 72.8 Å². The first kappa shape index (κ1) is 27.0. The molecule has 4 aromatic carbocycles. The Morgan fingerprint density at radius 1 is 0.795 bits per heavy atom. The number of hydrogen-bond acceptors (Lipinski definition) is 3. The van der Waals surface area contributed by atoms with Gasteiger partial charge >= 0.3 is 5.97 Å². The lowest BCUT2D eigenvalue weighted by molar-refractivity contribution is 0.0526. The molecule has 0 atom stereocenters. The number of esters is 1. The van der Waals surface area contributed by atoms with Crippen molar-refractivity contribution < 1.29 is 9.53 Å². The summed E-state index contributed by atoms with van der Waals surface area (Å²) in [6.07, 6.45) is 3.25. The molecule has 0 N–H and O–H groups in total. The molecular weight excluding hydrogens is 478 g/mol. The van der Waals surface area contributed by atoms with E-state index >= 15 is 0 Å². The van der Waals surface area contributed by atoms with Crippen LogP contribution in [0.25, 0.3) is 21.9 Å². The fourth-order valence-corrected chi connectivity index (χ4v) is 5.96. The maximum Gasteiger partial charge on any atom is 0.338 e. The second-order valence-corrected chi connectivity index (χ2v) is 12.6. The Morgan fingerprint density at radius 3 is 2.00 bits per heavy atom. The average molecular weight is 520 g/mol. The van der Waals surface area contributed by atoms with E-state index in [-0.39, 0.29) is 16.8 Å². The summed E-state index contributed by atoms with van der Waals surface area (Å²) in [6, 6.07) is 26.3. The lowest BCUT2D eigenvalue weighted by Crippen LogP contribution is -2.33. The van der Waals surface area contributed by atoms with E-state index in [4.69, 9.17) is 4.74 Å². The Bertz CT molecular complexity index is 1510. The summed E-state index contributed by atoms with van der Waals surface area (Å²) in [5.74, 6) is -0.277. The summed E-state index contributed by atoms with van der Waals surface area (Å²) in [4.78, 5) is 14.3. The zero-order valence-electron chi connectivity index (χ0n) is 24.5. The predicted octanol–water partition coefficient (Wildman–Crippen LogP) is 8.69. The zero-order chi connectivity index (χ0) is 27.9. The van der Waals surface area contributed by atoms with Crippen LogP contribution in [0.5, 0.6) is 0 Å². The van der Waals surface area contributed by atoms with Crippen molar-refractivity contribution in [3.8, 4) is 11.1 Å². The van der Waals surface area contributed by atoms with Crippen LogP contribution in [0, 0.1) is 0 Å². The van der Waals surface area contributed by atoms with Gasteiger partial charge in [0.15, 0.2) is 0 Å². The summed E-state index contributed by atoms with van der Waals surface area (Å²) in [5.41, 5.74) is 9.97. The molecule has 0 unspecified atom stereocenters. The van der Waals surface area contributed by atoms with Gasteiger partial charge in [-0.15, -0.1) is 0 Å². The van der Waals surface area contributed by atoms with E-state index in [1.165, 1.54) is 57.1 Å². The molecule has 0 heterocycles. The van der Waals surface area contributed by atoms with Crippen molar-refractivity contribution in [3.05, 3.63) is 101 Å². The van der Waals surface area contributed by atoms with Gasteiger partial charge < -0.3 is 9.64 Å². The fraction of sp³-hybridized carbons (Fsp3) is 0.361. The van der Waals surface area contributed by atoms with Gasteiger partial charge in [0.05, 0.1) is 12.2 Å². The maximum absolute atomic E-state index is 12.2. The SMILES string of the molecule is CCOC(=O)c1ccc(-c2cc(Cc3ccc(N(C)C)cc3)c3cc4c(cc3c2)C(C)(C)CCC4(C)C)cc1. The number of fused-ring (bicyclic) bond motifs is 2. The van der Waals surface area contributed by atoms with Gasteiger partial charge in [0, 0.05) is 19.8 Å². The number of hydrogen-bond donors (Lipinski definition) is 0. The van der Waals surface area contributed by atoms with Gasteiger partial charge in [0.25, 0.3) is 0 Å². The smallest absolute Gasteiger partial charge is 0.338 e. The number of ether oxygens (including phenoxy) is 1. The van der Waals surface area contributed by atoms with Crippen molar-refractivity contribution in [2.45, 2.75) is 64.7 Å². The molecule has 0 aliphatic heterocycles. The van der Waals surface area contributed by atoms with Crippen LogP contribution in [0.3, 0.4) is 0 Å². The lowest BCUT2D eigenvalue weighted by Gasteiger charge is -2.42. The fourth-order valence-electron chi connectivity index (χ4n) is 5.96. The number of benzene rings is 4. The molecule has 3 heteroatoms. The molecule has 0 spiro atoms. The third-order valence-corrected chi connectivity index (χ3v) is 8.59. The highest BCUT2D eigenvalue weighted by Crippen LogP contribution is 2.47. The van der Waals surface area contributed by atoms with Crippen molar-refractivity contribution in [1.82, 2.24) is 0 Å². The number of carbonyl (C=O) groups is 1. The third kappa shape index (κ3) is 5.32. The second-order valence-electron chi connectivity index (χ2n) is 12.6. The topological polar surface area (TPSA) is 29.5 Å². The maximum atomic E-state index is 12.2. The van der Waals surface area contributed by atoms with Crippen LogP contribution < -0.4 is 4.90 Å². The van der Waals surface area contributed by atoms with E-state index < -0.39 is 0 Å². The second kappa shape index (κ2) is 10.2. The molecule has 0 saturated carbocycles. The Kier molecular flexibility index (Phi) is 7.05. The van der Waals surface area contributed by atoms with E-state index in [0.29, 0.717) is 12.2 Å². The summed E-state index contributed by atoms with van der Waals surface area (Å²) >= 11 is 0.